The molecule has 1 heterocycles. The van der Waals surface area contributed by atoms with E-state index < -0.39 is 5.91 Å². The molecule has 1 aromatic heterocycles. The van der Waals surface area contributed by atoms with Crippen LogP contribution in [0.15, 0.2) is 41.1 Å². The number of hydrogen-bond donors (Lipinski definition) is 2. The normalized spacial score (nSPS) is 10.1. The first kappa shape index (κ1) is 12.9. The lowest BCUT2D eigenvalue weighted by Crippen LogP contribution is -2.12. The summed E-state index contributed by atoms with van der Waals surface area (Å²) in [5.41, 5.74) is 0.739. The highest BCUT2D eigenvalue weighted by Gasteiger charge is 2.11. The number of benzene rings is 1. The monoisotopic (exact) mass is 326 g/mol. The Bertz CT molecular complexity index is 604. The highest BCUT2D eigenvalue weighted by atomic mass is 79.9. The van der Waals surface area contributed by atoms with Crippen molar-refractivity contribution in [3.63, 3.8) is 0 Å². The summed E-state index contributed by atoms with van der Waals surface area (Å²) in [6.45, 7) is 0. The maximum Gasteiger partial charge on any atom is 0.259 e. The fourth-order valence-electron chi connectivity index (χ4n) is 1.35. The van der Waals surface area contributed by atoms with E-state index in [0.29, 0.717) is 15.2 Å². The van der Waals surface area contributed by atoms with Crippen LogP contribution in [-0.2, 0) is 0 Å². The summed E-state index contributed by atoms with van der Waals surface area (Å²) in [5, 5.41) is 12.7. The number of carbonyl (C=O) groups is 1. The van der Waals surface area contributed by atoms with Crippen LogP contribution < -0.4 is 5.32 Å². The summed E-state index contributed by atoms with van der Waals surface area (Å²) in [6, 6.07) is 6.45. The topological polar surface area (TPSA) is 62.2 Å². The molecule has 0 atom stereocenters. The molecule has 0 fully saturated rings. The van der Waals surface area contributed by atoms with Crippen molar-refractivity contribution in [2.75, 3.05) is 5.32 Å². The zero-order valence-electron chi connectivity index (χ0n) is 9.02. The zero-order chi connectivity index (χ0) is 13.1. The molecule has 0 saturated carbocycles. The van der Waals surface area contributed by atoms with Crippen LogP contribution in [0.1, 0.15) is 10.4 Å². The van der Waals surface area contributed by atoms with E-state index in [1.807, 2.05) is 0 Å². The predicted octanol–water partition coefficient (Wildman–Crippen LogP) is 3.46. The molecular weight excluding hydrogens is 320 g/mol. The fourth-order valence-corrected chi connectivity index (χ4v) is 1.85. The molecule has 1 amide bonds. The summed E-state index contributed by atoms with van der Waals surface area (Å²) in [5.74, 6) is -0.577. The van der Waals surface area contributed by atoms with E-state index in [4.69, 9.17) is 11.6 Å². The second-order valence-corrected chi connectivity index (χ2v) is 4.74. The third-order valence-electron chi connectivity index (χ3n) is 2.22. The lowest BCUT2D eigenvalue weighted by Gasteiger charge is -2.07. The molecule has 2 aromatic rings. The largest absolute Gasteiger partial charge is 0.505 e. The first-order valence-corrected chi connectivity index (χ1v) is 6.14. The molecule has 0 spiro atoms. The zero-order valence-corrected chi connectivity index (χ0v) is 11.4. The van der Waals surface area contributed by atoms with Gasteiger partial charge < -0.3 is 10.4 Å². The quantitative estimate of drug-likeness (QED) is 0.888. The number of anilines is 1. The van der Waals surface area contributed by atoms with E-state index in [0.717, 1.165) is 0 Å². The summed E-state index contributed by atoms with van der Waals surface area (Å²) in [6.07, 6.45) is 2.65. The Kier molecular flexibility index (Phi) is 3.84. The van der Waals surface area contributed by atoms with Gasteiger partial charge in [-0.2, -0.15) is 0 Å². The molecule has 2 rings (SSSR count). The molecule has 0 bridgehead atoms. The number of aromatic nitrogens is 1. The van der Waals surface area contributed by atoms with Crippen LogP contribution in [0, 0.1) is 0 Å². The molecule has 0 radical (unpaired) electrons. The van der Waals surface area contributed by atoms with Crippen LogP contribution in [-0.4, -0.2) is 16.0 Å². The third kappa shape index (κ3) is 2.80. The van der Waals surface area contributed by atoms with Crippen molar-refractivity contribution in [2.24, 2.45) is 0 Å². The summed E-state index contributed by atoms with van der Waals surface area (Å²) in [7, 11) is 0. The molecule has 18 heavy (non-hydrogen) atoms. The van der Waals surface area contributed by atoms with E-state index in [1.54, 1.807) is 18.2 Å². The first-order chi connectivity index (χ1) is 8.58. The Labute approximate surface area is 117 Å². The smallest absolute Gasteiger partial charge is 0.259 e. The molecule has 6 heteroatoms. The van der Waals surface area contributed by atoms with Crippen LogP contribution in [0.4, 0.5) is 5.69 Å². The van der Waals surface area contributed by atoms with Crippen LogP contribution >= 0.6 is 27.5 Å². The van der Waals surface area contributed by atoms with Crippen molar-refractivity contribution in [3.8, 4) is 5.75 Å². The summed E-state index contributed by atoms with van der Waals surface area (Å²) in [4.78, 5) is 15.6. The summed E-state index contributed by atoms with van der Waals surface area (Å²) < 4.78 is 0.681. The number of rotatable bonds is 2. The average molecular weight is 328 g/mol. The van der Waals surface area contributed by atoms with E-state index in [1.165, 1.54) is 18.5 Å². The van der Waals surface area contributed by atoms with Crippen LogP contribution in [0.3, 0.4) is 0 Å². The number of nitrogens with zero attached hydrogens (tertiary/aromatic N) is 1. The predicted molar refractivity (Wildman–Crippen MR) is 73.0 cm³/mol. The molecular formula is C12H8BrClN2O2. The fraction of sp³-hybridized carbons (Fsp3) is 0. The lowest BCUT2D eigenvalue weighted by atomic mass is 10.2. The molecule has 2 N–H and O–H groups in total. The van der Waals surface area contributed by atoms with Gasteiger partial charge in [0.05, 0.1) is 16.8 Å². The van der Waals surface area contributed by atoms with E-state index in [9.17, 15) is 9.90 Å². The van der Waals surface area contributed by atoms with Crippen LogP contribution in [0.5, 0.6) is 5.75 Å². The van der Waals surface area contributed by atoms with Gasteiger partial charge in [0.25, 0.3) is 5.91 Å². The van der Waals surface area contributed by atoms with Gasteiger partial charge >= 0.3 is 0 Å². The Balaban J connectivity index is 2.22. The van der Waals surface area contributed by atoms with Crippen molar-refractivity contribution >= 4 is 39.1 Å². The maximum absolute atomic E-state index is 11.9. The highest BCUT2D eigenvalue weighted by molar-refractivity contribution is 9.10. The molecule has 0 aliphatic carbocycles. The Hall–Kier alpha value is -1.59. The van der Waals surface area contributed by atoms with Gasteiger partial charge in [-0.05, 0) is 40.2 Å². The average Bonchev–Trinajstić information content (AvgIpc) is 2.34. The van der Waals surface area contributed by atoms with Gasteiger partial charge in [-0.1, -0.05) is 11.6 Å². The van der Waals surface area contributed by atoms with Crippen molar-refractivity contribution in [1.82, 2.24) is 4.98 Å². The number of carbonyl (C=O) groups excluding carboxylic acids is 1. The lowest BCUT2D eigenvalue weighted by molar-refractivity contribution is 0.102. The first-order valence-electron chi connectivity index (χ1n) is 4.97. The van der Waals surface area contributed by atoms with Crippen molar-refractivity contribution in [1.29, 1.82) is 0 Å². The minimum Gasteiger partial charge on any atom is -0.505 e. The van der Waals surface area contributed by atoms with Crippen molar-refractivity contribution in [3.05, 3.63) is 51.7 Å². The maximum atomic E-state index is 11.9. The molecule has 92 valence electrons. The Morgan fingerprint density at radius 2 is 2.17 bits per heavy atom. The van der Waals surface area contributed by atoms with Gasteiger partial charge in [0.2, 0.25) is 0 Å². The molecule has 0 unspecified atom stereocenters. The van der Waals surface area contributed by atoms with Crippen molar-refractivity contribution in [2.45, 2.75) is 0 Å². The number of amides is 1. The third-order valence-corrected chi connectivity index (χ3v) is 3.44. The highest BCUT2D eigenvalue weighted by Crippen LogP contribution is 2.26. The molecule has 0 aliphatic rings. The Morgan fingerprint density at radius 3 is 2.83 bits per heavy atom. The van der Waals surface area contributed by atoms with E-state index >= 15 is 0 Å². The second-order valence-electron chi connectivity index (χ2n) is 3.48. The van der Waals surface area contributed by atoms with Gasteiger partial charge in [0.1, 0.15) is 5.75 Å². The van der Waals surface area contributed by atoms with E-state index in [-0.39, 0.29) is 11.3 Å². The standard InChI is InChI=1S/C12H8BrClN2O2/c13-9-5-7(1-2-10(9)14)16-12(18)8-3-4-15-6-11(8)17/h1-6,17H,(H,16,18). The van der Waals surface area contributed by atoms with Gasteiger partial charge in [-0.15, -0.1) is 0 Å². The van der Waals surface area contributed by atoms with Gasteiger partial charge in [0, 0.05) is 16.4 Å². The summed E-state index contributed by atoms with van der Waals surface area (Å²) >= 11 is 9.12. The minimum atomic E-state index is -0.413. The molecule has 4 nitrogen and oxygen atoms in total. The van der Waals surface area contributed by atoms with Gasteiger partial charge in [0.15, 0.2) is 0 Å². The Morgan fingerprint density at radius 1 is 1.39 bits per heavy atom. The molecule has 1 aromatic carbocycles. The van der Waals surface area contributed by atoms with Gasteiger partial charge in [-0.25, -0.2) is 0 Å². The second kappa shape index (κ2) is 5.37. The van der Waals surface area contributed by atoms with Crippen LogP contribution in [0.25, 0.3) is 0 Å². The number of pyridine rings is 1. The number of nitrogens with one attached hydrogen (secondary N) is 1. The molecule has 0 aliphatic heterocycles. The van der Waals surface area contributed by atoms with Crippen LogP contribution in [0.2, 0.25) is 5.02 Å². The molecule has 0 saturated heterocycles. The number of halogens is 2. The SMILES string of the molecule is O=C(Nc1ccc(Cl)c(Br)c1)c1ccncc1O. The van der Waals surface area contributed by atoms with Gasteiger partial charge in [-0.3, -0.25) is 9.78 Å². The van der Waals surface area contributed by atoms with E-state index in [2.05, 4.69) is 26.2 Å². The number of hydrogen-bond acceptors (Lipinski definition) is 3. The number of aromatic hydroxyl groups is 1. The van der Waals surface area contributed by atoms with Crippen molar-refractivity contribution < 1.29 is 9.90 Å². The minimum absolute atomic E-state index is 0.163.